The maximum atomic E-state index is 11.2. The number of aryl methyl sites for hydroxylation is 1. The van der Waals surface area contributed by atoms with Gasteiger partial charge in [0.2, 0.25) is 0 Å². The van der Waals surface area contributed by atoms with Gasteiger partial charge >= 0.3 is 0 Å². The zero-order valence-electron chi connectivity index (χ0n) is 15.7. The Bertz CT molecular complexity index is 905. The van der Waals surface area contributed by atoms with E-state index in [0.29, 0.717) is 0 Å². The van der Waals surface area contributed by atoms with Crippen molar-refractivity contribution in [2.45, 2.75) is 51.2 Å². The minimum atomic E-state index is -0.839. The number of aromatic nitrogens is 2. The van der Waals surface area contributed by atoms with Gasteiger partial charge in [-0.15, -0.1) is 0 Å². The molecule has 0 bridgehead atoms. The molecule has 0 spiro atoms. The van der Waals surface area contributed by atoms with Crippen molar-refractivity contribution < 1.29 is 10.2 Å². The second kappa shape index (κ2) is 7.29. The number of rotatable bonds is 4. The van der Waals surface area contributed by atoms with E-state index >= 15 is 0 Å². The van der Waals surface area contributed by atoms with Crippen molar-refractivity contribution in [3.63, 3.8) is 0 Å². The highest BCUT2D eigenvalue weighted by molar-refractivity contribution is 5.63. The van der Waals surface area contributed by atoms with E-state index in [2.05, 4.69) is 31.2 Å². The molecule has 2 N–H and O–H groups in total. The molecule has 0 amide bonds. The Morgan fingerprint density at radius 1 is 0.963 bits per heavy atom. The molecule has 1 aliphatic rings. The van der Waals surface area contributed by atoms with Crippen molar-refractivity contribution in [2.75, 3.05) is 0 Å². The predicted octanol–water partition coefficient (Wildman–Crippen LogP) is 4.49. The lowest BCUT2D eigenvalue weighted by Crippen LogP contribution is -2.29. The van der Waals surface area contributed by atoms with E-state index < -0.39 is 5.60 Å². The molecular formula is C23H26N2O2. The van der Waals surface area contributed by atoms with E-state index in [1.54, 1.807) is 0 Å². The number of hydrogen-bond donors (Lipinski definition) is 2. The van der Waals surface area contributed by atoms with E-state index in [4.69, 9.17) is 5.10 Å². The maximum absolute atomic E-state index is 11.2. The molecular weight excluding hydrogens is 336 g/mol. The summed E-state index contributed by atoms with van der Waals surface area (Å²) < 4.78 is 1.91. The normalized spacial score (nSPS) is 16.4. The minimum absolute atomic E-state index is 0.0230. The molecule has 1 aliphatic carbocycles. The summed E-state index contributed by atoms with van der Waals surface area (Å²) in [6.07, 6.45) is 4.78. The van der Waals surface area contributed by atoms with E-state index in [0.717, 1.165) is 53.9 Å². The van der Waals surface area contributed by atoms with Crippen LogP contribution in [-0.4, -0.2) is 20.0 Å². The third-order valence-corrected chi connectivity index (χ3v) is 5.58. The molecule has 0 unspecified atom stereocenters. The quantitative estimate of drug-likeness (QED) is 0.719. The van der Waals surface area contributed by atoms with Crippen LogP contribution in [-0.2, 0) is 12.2 Å². The monoisotopic (exact) mass is 362 g/mol. The van der Waals surface area contributed by atoms with Gasteiger partial charge in [-0.05, 0) is 43.5 Å². The summed E-state index contributed by atoms with van der Waals surface area (Å²) >= 11 is 0. The van der Waals surface area contributed by atoms with Gasteiger partial charge in [-0.25, -0.2) is 4.68 Å². The third kappa shape index (κ3) is 3.55. The molecule has 0 radical (unpaired) electrons. The number of aliphatic hydroxyl groups is 2. The summed E-state index contributed by atoms with van der Waals surface area (Å²) in [4.78, 5) is 0. The van der Waals surface area contributed by atoms with Crippen LogP contribution in [0.5, 0.6) is 0 Å². The Labute approximate surface area is 160 Å². The number of nitrogens with zero attached hydrogens (tertiary/aromatic N) is 2. The first-order chi connectivity index (χ1) is 13.1. The molecule has 0 saturated heterocycles. The average Bonchev–Trinajstić information content (AvgIpc) is 3.15. The van der Waals surface area contributed by atoms with Gasteiger partial charge in [0.1, 0.15) is 5.60 Å². The molecule has 4 heteroatoms. The smallest absolute Gasteiger partial charge is 0.108 e. The van der Waals surface area contributed by atoms with E-state index in [1.165, 1.54) is 12.0 Å². The van der Waals surface area contributed by atoms with Crippen molar-refractivity contribution in [1.29, 1.82) is 0 Å². The summed E-state index contributed by atoms with van der Waals surface area (Å²) in [6.45, 7) is 2.10. The van der Waals surface area contributed by atoms with Crippen molar-refractivity contribution in [2.24, 2.45) is 0 Å². The van der Waals surface area contributed by atoms with Crippen molar-refractivity contribution in [3.8, 4) is 16.9 Å². The molecule has 2 aromatic carbocycles. The molecule has 140 valence electrons. The fourth-order valence-electron chi connectivity index (χ4n) is 3.87. The Kier molecular flexibility index (Phi) is 4.85. The van der Waals surface area contributed by atoms with Gasteiger partial charge in [-0.1, -0.05) is 61.2 Å². The summed E-state index contributed by atoms with van der Waals surface area (Å²) in [6, 6.07) is 18.2. The molecule has 27 heavy (non-hydrogen) atoms. The van der Waals surface area contributed by atoms with Crippen LogP contribution >= 0.6 is 0 Å². The largest absolute Gasteiger partial charge is 0.392 e. The molecule has 1 aromatic heterocycles. The highest BCUT2D eigenvalue weighted by Crippen LogP contribution is 2.38. The lowest BCUT2D eigenvalue weighted by molar-refractivity contribution is -0.00492. The van der Waals surface area contributed by atoms with Crippen LogP contribution in [0.25, 0.3) is 16.9 Å². The van der Waals surface area contributed by atoms with Gasteiger partial charge in [0.05, 0.1) is 23.7 Å². The van der Waals surface area contributed by atoms with E-state index in [-0.39, 0.29) is 6.61 Å². The topological polar surface area (TPSA) is 58.3 Å². The van der Waals surface area contributed by atoms with Crippen LogP contribution in [0.4, 0.5) is 0 Å². The van der Waals surface area contributed by atoms with Gasteiger partial charge in [-0.3, -0.25) is 0 Å². The first-order valence-electron chi connectivity index (χ1n) is 9.69. The van der Waals surface area contributed by atoms with Gasteiger partial charge in [-0.2, -0.15) is 5.10 Å². The first kappa shape index (κ1) is 18.0. The molecule has 4 rings (SSSR count). The Hall–Kier alpha value is -2.43. The summed E-state index contributed by atoms with van der Waals surface area (Å²) in [5, 5.41) is 25.3. The number of hydrogen-bond acceptors (Lipinski definition) is 3. The van der Waals surface area contributed by atoms with Crippen LogP contribution in [0.3, 0.4) is 0 Å². The fourth-order valence-corrected chi connectivity index (χ4v) is 3.87. The second-order valence-electron chi connectivity index (χ2n) is 7.61. The van der Waals surface area contributed by atoms with Gasteiger partial charge < -0.3 is 10.2 Å². The highest BCUT2D eigenvalue weighted by atomic mass is 16.3. The Morgan fingerprint density at radius 2 is 1.63 bits per heavy atom. The maximum Gasteiger partial charge on any atom is 0.108 e. The minimum Gasteiger partial charge on any atom is -0.392 e. The SMILES string of the molecule is Cc1ccc(-c2cc(C3(O)CCCCC3)nn2-c2ccc(CO)cc2)cc1. The lowest BCUT2D eigenvalue weighted by atomic mass is 9.82. The van der Waals surface area contributed by atoms with Gasteiger partial charge in [0.25, 0.3) is 0 Å². The highest BCUT2D eigenvalue weighted by Gasteiger charge is 2.34. The molecule has 1 saturated carbocycles. The number of aliphatic hydroxyl groups excluding tert-OH is 1. The lowest BCUT2D eigenvalue weighted by Gasteiger charge is -2.30. The predicted molar refractivity (Wildman–Crippen MR) is 107 cm³/mol. The Balaban J connectivity index is 1.82. The van der Waals surface area contributed by atoms with E-state index in [1.807, 2.05) is 35.0 Å². The summed E-state index contributed by atoms with van der Waals surface area (Å²) in [5.41, 5.74) is 4.97. The molecule has 1 heterocycles. The molecule has 4 nitrogen and oxygen atoms in total. The number of benzene rings is 2. The van der Waals surface area contributed by atoms with Crippen molar-refractivity contribution in [1.82, 2.24) is 9.78 Å². The second-order valence-corrected chi connectivity index (χ2v) is 7.61. The van der Waals surface area contributed by atoms with Crippen LogP contribution in [0.1, 0.15) is 48.9 Å². The van der Waals surface area contributed by atoms with E-state index in [9.17, 15) is 10.2 Å². The summed E-state index contributed by atoms with van der Waals surface area (Å²) in [5.74, 6) is 0. The first-order valence-corrected chi connectivity index (χ1v) is 9.69. The summed E-state index contributed by atoms with van der Waals surface area (Å²) in [7, 11) is 0. The van der Waals surface area contributed by atoms with Crippen LogP contribution < -0.4 is 0 Å². The van der Waals surface area contributed by atoms with Crippen LogP contribution in [0.2, 0.25) is 0 Å². The van der Waals surface area contributed by atoms with Crippen LogP contribution in [0.15, 0.2) is 54.6 Å². The third-order valence-electron chi connectivity index (χ3n) is 5.58. The van der Waals surface area contributed by atoms with Crippen LogP contribution in [0, 0.1) is 6.92 Å². The van der Waals surface area contributed by atoms with Crippen molar-refractivity contribution in [3.05, 3.63) is 71.4 Å². The van der Waals surface area contributed by atoms with Gasteiger partial charge in [0.15, 0.2) is 0 Å². The molecule has 1 fully saturated rings. The molecule has 0 aliphatic heterocycles. The average molecular weight is 362 g/mol. The van der Waals surface area contributed by atoms with Gasteiger partial charge in [0, 0.05) is 5.56 Å². The zero-order chi connectivity index (χ0) is 18.9. The molecule has 0 atom stereocenters. The van der Waals surface area contributed by atoms with Crippen molar-refractivity contribution >= 4 is 0 Å². The molecule has 3 aromatic rings. The standard InChI is InChI=1S/C23H26N2O2/c1-17-5-9-19(10-6-17)21-15-22(23(27)13-3-2-4-14-23)24-25(21)20-11-7-18(16-26)8-12-20/h5-12,15,26-27H,2-4,13-14,16H2,1H3. The fraction of sp³-hybridized carbons (Fsp3) is 0.348. The Morgan fingerprint density at radius 3 is 2.26 bits per heavy atom. The zero-order valence-corrected chi connectivity index (χ0v) is 15.7.